The zero-order chi connectivity index (χ0) is 15.4. The van der Waals surface area contributed by atoms with Gasteiger partial charge in [0, 0.05) is 37.4 Å². The van der Waals surface area contributed by atoms with Crippen LogP contribution in [0.5, 0.6) is 0 Å². The summed E-state index contributed by atoms with van der Waals surface area (Å²) in [6.07, 6.45) is 6.81. The van der Waals surface area contributed by atoms with E-state index in [1.54, 1.807) is 0 Å². The fourth-order valence-electron chi connectivity index (χ4n) is 3.57. The maximum atomic E-state index is 9.42. The Bertz CT molecular complexity index is 608. The Kier molecular flexibility index (Phi) is 4.90. The Morgan fingerprint density at radius 2 is 2.05 bits per heavy atom. The van der Waals surface area contributed by atoms with Gasteiger partial charge in [-0.3, -0.25) is 4.68 Å². The highest BCUT2D eigenvalue weighted by molar-refractivity contribution is 5.26. The van der Waals surface area contributed by atoms with Gasteiger partial charge in [0.2, 0.25) is 0 Å². The van der Waals surface area contributed by atoms with Crippen molar-refractivity contribution in [2.75, 3.05) is 0 Å². The lowest BCUT2D eigenvalue weighted by molar-refractivity contribution is 0.279. The van der Waals surface area contributed by atoms with Crippen molar-refractivity contribution in [3.8, 4) is 0 Å². The molecule has 2 atom stereocenters. The van der Waals surface area contributed by atoms with E-state index in [2.05, 4.69) is 22.5 Å². The number of aliphatic hydroxyl groups is 1. The van der Waals surface area contributed by atoms with E-state index in [0.717, 1.165) is 12.1 Å². The molecular formula is C18H25N3O. The van der Waals surface area contributed by atoms with Crippen molar-refractivity contribution in [2.45, 2.75) is 50.8 Å². The Labute approximate surface area is 132 Å². The summed E-state index contributed by atoms with van der Waals surface area (Å²) in [6.45, 7) is 0.944. The van der Waals surface area contributed by atoms with Crippen LogP contribution in [0.3, 0.4) is 0 Å². The van der Waals surface area contributed by atoms with Crippen LogP contribution in [-0.2, 0) is 20.2 Å². The van der Waals surface area contributed by atoms with Crippen LogP contribution < -0.4 is 5.32 Å². The first-order valence-electron chi connectivity index (χ1n) is 8.17. The maximum absolute atomic E-state index is 9.42. The summed E-state index contributed by atoms with van der Waals surface area (Å²) in [6, 6.07) is 10.8. The van der Waals surface area contributed by atoms with Crippen molar-refractivity contribution in [1.29, 1.82) is 0 Å². The number of rotatable bonds is 5. The van der Waals surface area contributed by atoms with Crippen molar-refractivity contribution >= 4 is 0 Å². The average molecular weight is 299 g/mol. The summed E-state index contributed by atoms with van der Waals surface area (Å²) in [4.78, 5) is 0. The van der Waals surface area contributed by atoms with E-state index in [9.17, 15) is 5.11 Å². The number of aromatic nitrogens is 2. The number of hydrogen-bond donors (Lipinski definition) is 2. The molecule has 1 aliphatic carbocycles. The van der Waals surface area contributed by atoms with Crippen LogP contribution in [-0.4, -0.2) is 20.9 Å². The van der Waals surface area contributed by atoms with Gasteiger partial charge in [-0.1, -0.05) is 30.7 Å². The van der Waals surface area contributed by atoms with E-state index in [1.165, 1.54) is 36.9 Å². The monoisotopic (exact) mass is 299 g/mol. The molecule has 0 bridgehead atoms. The molecule has 1 fully saturated rings. The lowest BCUT2D eigenvalue weighted by atomic mass is 9.83. The van der Waals surface area contributed by atoms with Gasteiger partial charge in [-0.2, -0.15) is 5.10 Å². The summed E-state index contributed by atoms with van der Waals surface area (Å²) < 4.78 is 2.01. The molecule has 2 unspecified atom stereocenters. The Hall–Kier alpha value is -1.65. The first-order chi connectivity index (χ1) is 10.8. The number of benzene rings is 1. The van der Waals surface area contributed by atoms with E-state index in [4.69, 9.17) is 0 Å². The molecule has 118 valence electrons. The molecule has 1 aromatic carbocycles. The van der Waals surface area contributed by atoms with Gasteiger partial charge in [0.05, 0.1) is 6.61 Å². The Morgan fingerprint density at radius 1 is 1.23 bits per heavy atom. The maximum Gasteiger partial charge on any atom is 0.0685 e. The molecule has 0 radical (unpaired) electrons. The first-order valence-corrected chi connectivity index (χ1v) is 8.17. The zero-order valence-corrected chi connectivity index (χ0v) is 13.2. The van der Waals surface area contributed by atoms with Crippen LogP contribution in [0.2, 0.25) is 0 Å². The van der Waals surface area contributed by atoms with Crippen molar-refractivity contribution in [3.05, 3.63) is 53.3 Å². The van der Waals surface area contributed by atoms with Gasteiger partial charge in [-0.05, 0) is 36.5 Å². The van der Waals surface area contributed by atoms with Crippen LogP contribution in [0.15, 0.2) is 36.5 Å². The molecule has 1 aliphatic rings. The van der Waals surface area contributed by atoms with Gasteiger partial charge >= 0.3 is 0 Å². The molecule has 0 saturated heterocycles. The standard InChI is InChI=1S/C18H25N3O/c1-21-18(9-10-20-21)14-7-4-8-17(11-14)19-12-15-5-2-3-6-16(15)13-22/h2-3,5-6,9-10,14,17,19,22H,4,7-8,11-13H2,1H3. The molecule has 22 heavy (non-hydrogen) atoms. The van der Waals surface area contributed by atoms with E-state index in [1.807, 2.05) is 36.1 Å². The SMILES string of the molecule is Cn1nccc1C1CCCC(NCc2ccccc2CO)C1. The lowest BCUT2D eigenvalue weighted by Crippen LogP contribution is -2.33. The molecule has 0 aliphatic heterocycles. The van der Waals surface area contributed by atoms with Crippen LogP contribution >= 0.6 is 0 Å². The zero-order valence-electron chi connectivity index (χ0n) is 13.2. The molecule has 4 nitrogen and oxygen atoms in total. The van der Waals surface area contributed by atoms with Gasteiger partial charge in [0.25, 0.3) is 0 Å². The smallest absolute Gasteiger partial charge is 0.0685 e. The minimum atomic E-state index is 0.111. The minimum Gasteiger partial charge on any atom is -0.392 e. The largest absolute Gasteiger partial charge is 0.392 e. The second-order valence-corrected chi connectivity index (χ2v) is 6.25. The van der Waals surface area contributed by atoms with Crippen LogP contribution in [0.4, 0.5) is 0 Å². The number of aliphatic hydroxyl groups excluding tert-OH is 1. The molecular weight excluding hydrogens is 274 g/mol. The second kappa shape index (κ2) is 7.07. The Balaban J connectivity index is 1.60. The van der Waals surface area contributed by atoms with Crippen LogP contribution in [0.1, 0.15) is 48.4 Å². The van der Waals surface area contributed by atoms with Crippen LogP contribution in [0, 0.1) is 0 Å². The van der Waals surface area contributed by atoms with Gasteiger partial charge in [0.1, 0.15) is 0 Å². The number of hydrogen-bond acceptors (Lipinski definition) is 3. The predicted octanol–water partition coefficient (Wildman–Crippen LogP) is 2.73. The molecule has 0 spiro atoms. The molecule has 2 aromatic rings. The quantitative estimate of drug-likeness (QED) is 0.892. The summed E-state index contributed by atoms with van der Waals surface area (Å²) in [7, 11) is 2.03. The molecule has 0 amide bonds. The summed E-state index contributed by atoms with van der Waals surface area (Å²) in [5, 5.41) is 17.4. The molecule has 2 N–H and O–H groups in total. The summed E-state index contributed by atoms with van der Waals surface area (Å²) >= 11 is 0. The fraction of sp³-hybridized carbons (Fsp3) is 0.500. The van der Waals surface area contributed by atoms with Gasteiger partial charge < -0.3 is 10.4 Å². The van der Waals surface area contributed by atoms with Crippen molar-refractivity contribution in [2.24, 2.45) is 7.05 Å². The topological polar surface area (TPSA) is 50.1 Å². The highest BCUT2D eigenvalue weighted by atomic mass is 16.3. The third-order valence-electron chi connectivity index (χ3n) is 4.82. The minimum absolute atomic E-state index is 0.111. The second-order valence-electron chi connectivity index (χ2n) is 6.25. The number of aryl methyl sites for hydroxylation is 1. The molecule has 1 heterocycles. The molecule has 4 heteroatoms. The van der Waals surface area contributed by atoms with Gasteiger partial charge in [0.15, 0.2) is 0 Å². The third kappa shape index (κ3) is 3.39. The van der Waals surface area contributed by atoms with E-state index in [0.29, 0.717) is 12.0 Å². The molecule has 1 aromatic heterocycles. The highest BCUT2D eigenvalue weighted by Crippen LogP contribution is 2.32. The van der Waals surface area contributed by atoms with Crippen LogP contribution in [0.25, 0.3) is 0 Å². The van der Waals surface area contributed by atoms with Gasteiger partial charge in [-0.25, -0.2) is 0 Å². The summed E-state index contributed by atoms with van der Waals surface area (Å²) in [5.41, 5.74) is 3.57. The number of nitrogens with zero attached hydrogens (tertiary/aromatic N) is 2. The molecule has 1 saturated carbocycles. The summed E-state index contributed by atoms with van der Waals surface area (Å²) in [5.74, 6) is 0.604. The first kappa shape index (κ1) is 15.3. The van der Waals surface area contributed by atoms with E-state index in [-0.39, 0.29) is 6.61 Å². The fourth-order valence-corrected chi connectivity index (χ4v) is 3.57. The lowest BCUT2D eigenvalue weighted by Gasteiger charge is -2.30. The average Bonchev–Trinajstić information content (AvgIpc) is 2.99. The third-order valence-corrected chi connectivity index (χ3v) is 4.82. The van der Waals surface area contributed by atoms with Gasteiger partial charge in [-0.15, -0.1) is 0 Å². The van der Waals surface area contributed by atoms with Crippen molar-refractivity contribution in [3.63, 3.8) is 0 Å². The van der Waals surface area contributed by atoms with E-state index >= 15 is 0 Å². The predicted molar refractivity (Wildman–Crippen MR) is 87.4 cm³/mol. The Morgan fingerprint density at radius 3 is 2.77 bits per heavy atom. The highest BCUT2D eigenvalue weighted by Gasteiger charge is 2.24. The van der Waals surface area contributed by atoms with Crippen molar-refractivity contribution < 1.29 is 5.11 Å². The van der Waals surface area contributed by atoms with E-state index < -0.39 is 0 Å². The number of nitrogens with one attached hydrogen (secondary N) is 1. The molecule has 3 rings (SSSR count). The normalized spacial score (nSPS) is 21.9. The van der Waals surface area contributed by atoms with Crippen molar-refractivity contribution in [1.82, 2.24) is 15.1 Å².